The highest BCUT2D eigenvalue weighted by Gasteiger charge is 2.20. The van der Waals surface area contributed by atoms with Gasteiger partial charge < -0.3 is 5.32 Å². The molecule has 3 aromatic heterocycles. The Morgan fingerprint density at radius 1 is 1.23 bits per heavy atom. The van der Waals surface area contributed by atoms with E-state index in [4.69, 9.17) is 11.6 Å². The standard InChI is InChI=1S/C20H19ClN8OS/c1-12(24-20(30)13-8-14(21)10-15(9-13)31-3)18-19(23-6-5-22-18)16-11-29(27-25-16)17-4-7-28(2)26-17/h4-12H,1-3H3,(H,24,30). The van der Waals surface area contributed by atoms with E-state index in [1.165, 1.54) is 11.8 Å². The number of aromatic nitrogens is 7. The quantitative estimate of drug-likeness (QED) is 0.445. The number of carbonyl (C=O) groups excluding carboxylic acids is 1. The van der Waals surface area contributed by atoms with Gasteiger partial charge in [0.25, 0.3) is 5.91 Å². The molecule has 1 amide bonds. The lowest BCUT2D eigenvalue weighted by atomic mass is 10.1. The van der Waals surface area contributed by atoms with Crippen LogP contribution in [-0.2, 0) is 7.05 Å². The summed E-state index contributed by atoms with van der Waals surface area (Å²) in [6.07, 6.45) is 8.64. The number of thioether (sulfide) groups is 1. The topological polar surface area (TPSA) is 103 Å². The van der Waals surface area contributed by atoms with Crippen molar-refractivity contribution in [1.82, 2.24) is 40.1 Å². The van der Waals surface area contributed by atoms with Crippen LogP contribution in [0.3, 0.4) is 0 Å². The number of hydrogen-bond acceptors (Lipinski definition) is 7. The average molecular weight is 455 g/mol. The number of hydrogen-bond donors (Lipinski definition) is 1. The lowest BCUT2D eigenvalue weighted by Gasteiger charge is -2.16. The minimum absolute atomic E-state index is 0.251. The minimum Gasteiger partial charge on any atom is -0.344 e. The predicted molar refractivity (Wildman–Crippen MR) is 118 cm³/mol. The van der Waals surface area contributed by atoms with Crippen molar-refractivity contribution in [3.63, 3.8) is 0 Å². The number of amides is 1. The first kappa shape index (κ1) is 21.0. The van der Waals surface area contributed by atoms with Crippen LogP contribution in [0.4, 0.5) is 0 Å². The SMILES string of the molecule is CSc1cc(Cl)cc(C(=O)NC(C)c2nccnc2-c2cn(-c3ccn(C)n3)nn2)c1. The molecule has 0 radical (unpaired) electrons. The Labute approximate surface area is 187 Å². The summed E-state index contributed by atoms with van der Waals surface area (Å²) in [4.78, 5) is 22.6. The summed E-state index contributed by atoms with van der Waals surface area (Å²) in [5.41, 5.74) is 2.13. The molecule has 0 spiro atoms. The van der Waals surface area contributed by atoms with Crippen molar-refractivity contribution < 1.29 is 4.79 Å². The van der Waals surface area contributed by atoms with Crippen molar-refractivity contribution >= 4 is 29.3 Å². The number of rotatable bonds is 6. The van der Waals surface area contributed by atoms with E-state index in [-0.39, 0.29) is 5.91 Å². The van der Waals surface area contributed by atoms with Gasteiger partial charge in [0.1, 0.15) is 11.4 Å². The van der Waals surface area contributed by atoms with Gasteiger partial charge >= 0.3 is 0 Å². The molecule has 0 saturated carbocycles. The van der Waals surface area contributed by atoms with Crippen molar-refractivity contribution in [2.75, 3.05) is 6.26 Å². The van der Waals surface area contributed by atoms with E-state index in [0.29, 0.717) is 33.5 Å². The summed E-state index contributed by atoms with van der Waals surface area (Å²) >= 11 is 7.67. The van der Waals surface area contributed by atoms with Crippen LogP contribution in [0.2, 0.25) is 5.02 Å². The largest absolute Gasteiger partial charge is 0.344 e. The lowest BCUT2D eigenvalue weighted by molar-refractivity contribution is 0.0939. The second kappa shape index (κ2) is 8.86. The normalized spacial score (nSPS) is 12.0. The molecule has 0 aliphatic carbocycles. The fraction of sp³-hybridized carbons (Fsp3) is 0.200. The number of benzene rings is 1. The van der Waals surface area contributed by atoms with Gasteiger partial charge in [0.15, 0.2) is 5.82 Å². The Balaban J connectivity index is 1.59. The maximum absolute atomic E-state index is 12.8. The van der Waals surface area contributed by atoms with Gasteiger partial charge in [0.05, 0.1) is 17.9 Å². The smallest absolute Gasteiger partial charge is 0.251 e. The van der Waals surface area contributed by atoms with Crippen molar-refractivity contribution in [1.29, 1.82) is 0 Å². The van der Waals surface area contributed by atoms with Crippen molar-refractivity contribution in [2.24, 2.45) is 7.05 Å². The van der Waals surface area contributed by atoms with Crippen LogP contribution in [0, 0.1) is 0 Å². The van der Waals surface area contributed by atoms with Crippen LogP contribution in [0.25, 0.3) is 17.2 Å². The summed E-state index contributed by atoms with van der Waals surface area (Å²) in [6.45, 7) is 1.84. The Kier molecular flexibility index (Phi) is 6.01. The van der Waals surface area contributed by atoms with E-state index in [9.17, 15) is 4.79 Å². The second-order valence-corrected chi connectivity index (χ2v) is 8.08. The number of nitrogens with zero attached hydrogens (tertiary/aromatic N) is 7. The molecule has 0 fully saturated rings. The first-order valence-corrected chi connectivity index (χ1v) is 10.9. The zero-order valence-electron chi connectivity index (χ0n) is 17.0. The highest BCUT2D eigenvalue weighted by atomic mass is 35.5. The number of carbonyl (C=O) groups is 1. The Morgan fingerprint density at radius 2 is 2.03 bits per heavy atom. The van der Waals surface area contributed by atoms with Crippen LogP contribution in [-0.4, -0.2) is 46.9 Å². The van der Waals surface area contributed by atoms with Gasteiger partial charge in [0.2, 0.25) is 0 Å². The van der Waals surface area contributed by atoms with Gasteiger partial charge in [-0.05, 0) is 31.4 Å². The highest BCUT2D eigenvalue weighted by Crippen LogP contribution is 2.25. The summed E-state index contributed by atoms with van der Waals surface area (Å²) in [7, 11) is 1.83. The van der Waals surface area contributed by atoms with Gasteiger partial charge in [0, 0.05) is 47.2 Å². The molecule has 158 valence electrons. The van der Waals surface area contributed by atoms with Gasteiger partial charge in [-0.25, -0.2) is 0 Å². The van der Waals surface area contributed by atoms with Gasteiger partial charge in [-0.1, -0.05) is 16.8 Å². The molecule has 0 aliphatic rings. The van der Waals surface area contributed by atoms with E-state index in [2.05, 4.69) is 30.7 Å². The molecule has 31 heavy (non-hydrogen) atoms. The van der Waals surface area contributed by atoms with Gasteiger partial charge in [-0.15, -0.1) is 16.9 Å². The number of aryl methyl sites for hydroxylation is 1. The summed E-state index contributed by atoms with van der Waals surface area (Å²) < 4.78 is 3.24. The molecule has 4 rings (SSSR count). The molecule has 0 bridgehead atoms. The van der Waals surface area contributed by atoms with Crippen molar-refractivity contribution in [2.45, 2.75) is 17.9 Å². The molecule has 4 aromatic rings. The second-order valence-electron chi connectivity index (χ2n) is 6.76. The Hall–Kier alpha value is -3.24. The molecular weight excluding hydrogens is 436 g/mol. The van der Waals surface area contributed by atoms with Crippen molar-refractivity contribution in [3.05, 3.63) is 65.3 Å². The highest BCUT2D eigenvalue weighted by molar-refractivity contribution is 7.98. The van der Waals surface area contributed by atoms with E-state index in [1.54, 1.807) is 40.1 Å². The van der Waals surface area contributed by atoms with Crippen LogP contribution in [0.1, 0.15) is 29.0 Å². The fourth-order valence-electron chi connectivity index (χ4n) is 3.03. The van der Waals surface area contributed by atoms with Crippen molar-refractivity contribution in [3.8, 4) is 17.2 Å². The number of halogens is 1. The van der Waals surface area contributed by atoms with Gasteiger partial charge in [-0.3, -0.25) is 19.4 Å². The predicted octanol–water partition coefficient (Wildman–Crippen LogP) is 3.32. The third-order valence-corrected chi connectivity index (χ3v) is 5.45. The summed E-state index contributed by atoms with van der Waals surface area (Å²) in [5.74, 6) is 0.387. The molecule has 1 unspecified atom stereocenters. The van der Waals surface area contributed by atoms with E-state index in [1.807, 2.05) is 38.6 Å². The third kappa shape index (κ3) is 4.59. The fourth-order valence-corrected chi connectivity index (χ4v) is 3.82. The zero-order chi connectivity index (χ0) is 22.0. The third-order valence-electron chi connectivity index (χ3n) is 4.52. The molecule has 11 heteroatoms. The maximum Gasteiger partial charge on any atom is 0.251 e. The van der Waals surface area contributed by atoms with E-state index >= 15 is 0 Å². The molecule has 0 saturated heterocycles. The average Bonchev–Trinajstić information content (AvgIpc) is 3.42. The summed E-state index contributed by atoms with van der Waals surface area (Å²) in [6, 6.07) is 6.66. The van der Waals surface area contributed by atoms with Gasteiger partial charge in [-0.2, -0.15) is 9.78 Å². The molecule has 0 aliphatic heterocycles. The molecular formula is C20H19ClN8OS. The van der Waals surface area contributed by atoms with E-state index < -0.39 is 6.04 Å². The molecule has 1 N–H and O–H groups in total. The lowest BCUT2D eigenvalue weighted by Crippen LogP contribution is -2.28. The molecule has 3 heterocycles. The monoisotopic (exact) mass is 454 g/mol. The van der Waals surface area contributed by atoms with Crippen LogP contribution in [0.15, 0.2) is 53.9 Å². The minimum atomic E-state index is -0.423. The summed E-state index contributed by atoms with van der Waals surface area (Å²) in [5, 5.41) is 16.1. The molecule has 1 aromatic carbocycles. The zero-order valence-corrected chi connectivity index (χ0v) is 18.6. The first-order chi connectivity index (χ1) is 14.9. The maximum atomic E-state index is 12.8. The Morgan fingerprint density at radius 3 is 2.77 bits per heavy atom. The van der Waals surface area contributed by atoms with E-state index in [0.717, 1.165) is 4.90 Å². The molecule has 9 nitrogen and oxygen atoms in total. The van der Waals surface area contributed by atoms with Crippen LogP contribution in [0.5, 0.6) is 0 Å². The Bertz CT molecular complexity index is 1240. The first-order valence-electron chi connectivity index (χ1n) is 9.33. The molecule has 1 atom stereocenters. The van der Waals surface area contributed by atoms with Crippen LogP contribution < -0.4 is 5.32 Å². The number of nitrogens with one attached hydrogen (secondary N) is 1. The van der Waals surface area contributed by atoms with Crippen LogP contribution >= 0.6 is 23.4 Å².